The van der Waals surface area contributed by atoms with Gasteiger partial charge in [-0.1, -0.05) is 47.6 Å². The van der Waals surface area contributed by atoms with E-state index in [1.165, 1.54) is 12.1 Å². The number of unbranched alkanes of at least 4 members (excludes halogenated alkanes) is 1. The summed E-state index contributed by atoms with van der Waals surface area (Å²) in [6.45, 7) is 0.532. The summed E-state index contributed by atoms with van der Waals surface area (Å²) in [5.74, 6) is -0.300. The van der Waals surface area contributed by atoms with E-state index in [1.807, 2.05) is 12.1 Å². The summed E-state index contributed by atoms with van der Waals surface area (Å²) in [4.78, 5) is 43.3. The molecule has 1 unspecified atom stereocenters. The lowest BCUT2D eigenvalue weighted by atomic mass is 9.80. The zero-order chi connectivity index (χ0) is 40.8. The second-order valence-corrected chi connectivity index (χ2v) is 14.8. The molecule has 0 aliphatic carbocycles. The average molecular weight is 848 g/mol. The van der Waals surface area contributed by atoms with E-state index in [2.05, 4.69) is 41.9 Å². The van der Waals surface area contributed by atoms with Crippen molar-refractivity contribution in [3.63, 3.8) is 0 Å². The van der Waals surface area contributed by atoms with E-state index < -0.39 is 12.0 Å². The minimum Gasteiger partial charge on any atom is -0.508 e. The Morgan fingerprint density at radius 2 is 1.53 bits per heavy atom. The molecule has 14 nitrogen and oxygen atoms in total. The summed E-state index contributed by atoms with van der Waals surface area (Å²) in [7, 11) is 0. The fraction of sp³-hybridized carbons (Fsp3) is 0.233. The maximum Gasteiger partial charge on any atom is 0.251 e. The summed E-state index contributed by atoms with van der Waals surface area (Å²) in [5.41, 5.74) is 13.4. The number of azide groups is 1. The normalized spacial score (nSPS) is 15.3. The Morgan fingerprint density at radius 1 is 0.828 bits per heavy atom. The van der Waals surface area contributed by atoms with Gasteiger partial charge < -0.3 is 40.7 Å². The first-order chi connectivity index (χ1) is 28.1. The molecule has 5 aromatic rings. The quantitative estimate of drug-likeness (QED) is 0.0378. The van der Waals surface area contributed by atoms with Crippen molar-refractivity contribution in [3.05, 3.63) is 139 Å². The summed E-state index contributed by atoms with van der Waals surface area (Å²) >= 11 is 3.43. The molecule has 5 aromatic carbocycles. The first-order valence-corrected chi connectivity index (χ1v) is 19.5. The summed E-state index contributed by atoms with van der Waals surface area (Å²) in [6.07, 6.45) is 2.06. The summed E-state index contributed by atoms with van der Waals surface area (Å²) < 4.78 is 12.3. The third-order valence-corrected chi connectivity index (χ3v) is 11.0. The lowest BCUT2D eigenvalue weighted by Gasteiger charge is -2.30. The van der Waals surface area contributed by atoms with Crippen molar-refractivity contribution in [1.29, 1.82) is 0 Å². The van der Waals surface area contributed by atoms with Crippen molar-refractivity contribution in [3.8, 4) is 40.2 Å². The van der Waals surface area contributed by atoms with Gasteiger partial charge in [-0.25, -0.2) is 0 Å². The van der Waals surface area contributed by atoms with Crippen LogP contribution in [0.2, 0.25) is 0 Å². The number of ether oxygens (including phenoxy) is 2. The fourth-order valence-electron chi connectivity index (χ4n) is 7.20. The molecule has 0 aromatic heterocycles. The Kier molecular flexibility index (Phi) is 12.0. The third kappa shape index (κ3) is 8.80. The molecule has 0 spiro atoms. The van der Waals surface area contributed by atoms with Crippen LogP contribution in [0.1, 0.15) is 69.8 Å². The number of nitrogens with zero attached hydrogens (tertiary/aromatic N) is 3. The van der Waals surface area contributed by atoms with Gasteiger partial charge in [0, 0.05) is 59.2 Å². The van der Waals surface area contributed by atoms with Gasteiger partial charge in [-0.05, 0) is 107 Å². The van der Waals surface area contributed by atoms with E-state index >= 15 is 0 Å². The molecule has 0 fully saturated rings. The first-order valence-electron chi connectivity index (χ1n) is 18.7. The van der Waals surface area contributed by atoms with Crippen LogP contribution in [0.25, 0.3) is 10.4 Å². The highest BCUT2D eigenvalue weighted by atomic mass is 79.9. The van der Waals surface area contributed by atoms with Crippen LogP contribution in [0.15, 0.2) is 101 Å². The number of aryl methyl sites for hydroxylation is 1. The molecular weight excluding hydrogens is 808 g/mol. The highest BCUT2D eigenvalue weighted by Gasteiger charge is 2.32. The Hall–Kier alpha value is -6.70. The Morgan fingerprint density at radius 3 is 2.28 bits per heavy atom. The molecule has 58 heavy (non-hydrogen) atoms. The number of nitrogens with one attached hydrogen (secondary N) is 3. The number of carbonyl (C=O) groups is 3. The van der Waals surface area contributed by atoms with Crippen molar-refractivity contribution in [2.24, 2.45) is 5.11 Å². The minimum absolute atomic E-state index is 0.0231. The molecule has 4 aliphatic rings. The third-order valence-electron chi connectivity index (χ3n) is 10.1. The van der Waals surface area contributed by atoms with Gasteiger partial charge in [-0.15, -0.1) is 0 Å². The van der Waals surface area contributed by atoms with E-state index in [0.717, 1.165) is 16.7 Å². The number of aromatic hydroxyl groups is 3. The molecule has 0 saturated carbocycles. The second-order valence-electron chi connectivity index (χ2n) is 14.0. The minimum atomic E-state index is -0.843. The standard InChI is InChI=1S/C43H39BrN6O8/c44-40-25-10-16-35(41(40)54)57-34-15-8-24(21-33(34)49-50-45)9-17-38(53)48-32(43(56)47-20-18-25)7-3-4-19-46-42(55)29-6-2-1-5-28(29)39-30-13-11-26(51)22-36(30)58-37-23-27(52)12-14-31(37)39/h1-2,5-6,8,10-16,21-23,32,39,51-52,54H,3-4,7,9,17-20H2,(H,46,55)(H,47,56)(H,48,53). The van der Waals surface area contributed by atoms with Gasteiger partial charge in [0.1, 0.15) is 34.8 Å². The molecule has 1 atom stereocenters. The van der Waals surface area contributed by atoms with Crippen molar-refractivity contribution in [2.75, 3.05) is 13.1 Å². The topological polar surface area (TPSA) is 215 Å². The largest absolute Gasteiger partial charge is 0.508 e. The van der Waals surface area contributed by atoms with Crippen molar-refractivity contribution < 1.29 is 39.2 Å². The summed E-state index contributed by atoms with van der Waals surface area (Å²) in [6, 6.07) is 24.4. The van der Waals surface area contributed by atoms with E-state index in [1.54, 1.807) is 66.7 Å². The number of benzene rings is 5. The van der Waals surface area contributed by atoms with Crippen molar-refractivity contribution in [1.82, 2.24) is 16.0 Å². The number of amides is 3. The van der Waals surface area contributed by atoms with E-state index in [0.29, 0.717) is 71.3 Å². The maximum absolute atomic E-state index is 13.7. The molecular formula is C43H39BrN6O8. The van der Waals surface area contributed by atoms with Crippen LogP contribution < -0.4 is 25.4 Å². The van der Waals surface area contributed by atoms with Crippen LogP contribution in [0.3, 0.4) is 0 Å². The number of carbonyl (C=O) groups excluding carboxylic acids is 3. The van der Waals surface area contributed by atoms with E-state index in [9.17, 15) is 29.7 Å². The van der Waals surface area contributed by atoms with Crippen LogP contribution in [0.5, 0.6) is 40.2 Å². The zero-order valence-electron chi connectivity index (χ0n) is 31.1. The molecule has 0 saturated heterocycles. The molecule has 296 valence electrons. The molecule has 4 aliphatic heterocycles. The van der Waals surface area contributed by atoms with Gasteiger partial charge in [0.05, 0.1) is 10.2 Å². The fourth-order valence-corrected chi connectivity index (χ4v) is 7.72. The first kappa shape index (κ1) is 39.5. The van der Waals surface area contributed by atoms with E-state index in [-0.39, 0.29) is 65.1 Å². The average Bonchev–Trinajstić information content (AvgIpc) is 3.21. The Labute approximate surface area is 341 Å². The van der Waals surface area contributed by atoms with Gasteiger partial charge >= 0.3 is 0 Å². The van der Waals surface area contributed by atoms with Gasteiger partial charge in [0.25, 0.3) is 5.91 Å². The van der Waals surface area contributed by atoms with Crippen LogP contribution in [-0.2, 0) is 22.4 Å². The predicted octanol–water partition coefficient (Wildman–Crippen LogP) is 8.28. The molecule has 15 heteroatoms. The van der Waals surface area contributed by atoms with Crippen LogP contribution in [0.4, 0.5) is 5.69 Å². The van der Waals surface area contributed by atoms with E-state index in [4.69, 9.17) is 15.0 Å². The molecule has 9 rings (SSSR count). The van der Waals surface area contributed by atoms with Crippen LogP contribution >= 0.6 is 15.9 Å². The summed E-state index contributed by atoms with van der Waals surface area (Å²) in [5, 5.41) is 43.8. The van der Waals surface area contributed by atoms with Gasteiger partial charge in [-0.2, -0.15) is 0 Å². The highest BCUT2D eigenvalue weighted by Crippen LogP contribution is 2.50. The molecule has 4 bridgehead atoms. The second kappa shape index (κ2) is 17.6. The molecule has 0 radical (unpaired) electrons. The molecule has 6 N–H and O–H groups in total. The SMILES string of the molecule is [N-]=[N+]=Nc1cc2ccc1Oc1ccc(c(Br)c1O)CCNC(=O)C(CCCCNC(=O)c1ccccc1C1c3ccc(O)cc3Oc3cc(O)ccc31)NC(=O)CC2. The smallest absolute Gasteiger partial charge is 0.251 e. The molecule has 4 heterocycles. The number of hydrogen-bond acceptors (Lipinski definition) is 9. The number of rotatable bonds is 8. The van der Waals surface area contributed by atoms with Crippen LogP contribution in [0, 0.1) is 0 Å². The van der Waals surface area contributed by atoms with Gasteiger partial charge in [-0.3, -0.25) is 14.4 Å². The van der Waals surface area contributed by atoms with Crippen molar-refractivity contribution in [2.45, 2.75) is 50.5 Å². The maximum atomic E-state index is 13.7. The number of fused-ring (bicyclic) bond motifs is 4. The number of phenolic OH excluding ortho intramolecular Hbond substituents is 3. The number of halogens is 1. The Bertz CT molecular complexity index is 2400. The monoisotopic (exact) mass is 846 g/mol. The lowest BCUT2D eigenvalue weighted by molar-refractivity contribution is -0.129. The lowest BCUT2D eigenvalue weighted by Crippen LogP contribution is -2.47. The highest BCUT2D eigenvalue weighted by molar-refractivity contribution is 9.10. The van der Waals surface area contributed by atoms with Gasteiger partial charge in [0.2, 0.25) is 11.8 Å². The molecule has 3 amide bonds. The predicted molar refractivity (Wildman–Crippen MR) is 218 cm³/mol. The van der Waals surface area contributed by atoms with Crippen LogP contribution in [-0.4, -0.2) is 52.2 Å². The van der Waals surface area contributed by atoms with Crippen molar-refractivity contribution >= 4 is 39.3 Å². The number of hydrogen-bond donors (Lipinski definition) is 6. The number of phenols is 3. The zero-order valence-corrected chi connectivity index (χ0v) is 32.7. The van der Waals surface area contributed by atoms with Gasteiger partial charge in [0.15, 0.2) is 11.5 Å². The Balaban J connectivity index is 1.02.